The maximum atomic E-state index is 4.68. The molecule has 3 heterocycles. The molecule has 1 fully saturated rings. The van der Waals surface area contributed by atoms with Gasteiger partial charge < -0.3 is 9.88 Å². The molecule has 132 valence electrons. The van der Waals surface area contributed by atoms with Gasteiger partial charge in [-0.05, 0) is 32.6 Å². The minimum absolute atomic E-state index is 0.720. The lowest BCUT2D eigenvalue weighted by Crippen LogP contribution is -2.14. The third-order valence-corrected chi connectivity index (χ3v) is 5.06. The van der Waals surface area contributed by atoms with E-state index in [-0.39, 0.29) is 0 Å². The van der Waals surface area contributed by atoms with Crippen molar-refractivity contribution in [2.24, 2.45) is 5.92 Å². The molecular formula is C19H26N6. The van der Waals surface area contributed by atoms with Crippen molar-refractivity contribution in [1.82, 2.24) is 23.9 Å². The lowest BCUT2D eigenvalue weighted by Gasteiger charge is -2.22. The molecule has 1 saturated carbocycles. The standard InChI is InChI=1S/C19H26N6/c1-14(2)8-9-20-17-16-18(25-11-10-21-19(25)23-17)24(13-22-16)12-15-6-4-3-5-7-15/h8,10-11,13,15H,3-7,9,12H2,1-2H3,(H,20,21,23). The Kier molecular flexibility index (Phi) is 4.42. The first-order valence-electron chi connectivity index (χ1n) is 9.27. The smallest absolute Gasteiger partial charge is 0.237 e. The van der Waals surface area contributed by atoms with Gasteiger partial charge in [0.1, 0.15) is 5.52 Å². The average Bonchev–Trinajstić information content (AvgIpc) is 3.22. The first kappa shape index (κ1) is 16.1. The maximum Gasteiger partial charge on any atom is 0.237 e. The number of nitrogens with zero attached hydrogens (tertiary/aromatic N) is 5. The molecule has 6 heteroatoms. The van der Waals surface area contributed by atoms with E-state index in [9.17, 15) is 0 Å². The van der Waals surface area contributed by atoms with Crippen molar-refractivity contribution in [2.75, 3.05) is 11.9 Å². The van der Waals surface area contributed by atoms with Gasteiger partial charge in [-0.15, -0.1) is 0 Å². The van der Waals surface area contributed by atoms with Crippen molar-refractivity contribution >= 4 is 22.8 Å². The van der Waals surface area contributed by atoms with Crippen LogP contribution in [0.5, 0.6) is 0 Å². The van der Waals surface area contributed by atoms with Gasteiger partial charge >= 0.3 is 0 Å². The molecule has 0 spiro atoms. The zero-order chi connectivity index (χ0) is 17.2. The molecular weight excluding hydrogens is 312 g/mol. The number of aromatic nitrogens is 5. The van der Waals surface area contributed by atoms with Gasteiger partial charge in [-0.25, -0.2) is 9.97 Å². The molecule has 0 unspecified atom stereocenters. The van der Waals surface area contributed by atoms with Gasteiger partial charge in [0, 0.05) is 25.5 Å². The predicted molar refractivity (Wildman–Crippen MR) is 101 cm³/mol. The molecule has 6 nitrogen and oxygen atoms in total. The fraction of sp³-hybridized carbons (Fsp3) is 0.526. The second-order valence-corrected chi connectivity index (χ2v) is 7.29. The van der Waals surface area contributed by atoms with Gasteiger partial charge in [0.05, 0.1) is 6.33 Å². The van der Waals surface area contributed by atoms with E-state index in [0.717, 1.165) is 41.8 Å². The van der Waals surface area contributed by atoms with Gasteiger partial charge in [-0.3, -0.25) is 4.40 Å². The van der Waals surface area contributed by atoms with Crippen molar-refractivity contribution in [3.8, 4) is 0 Å². The number of rotatable bonds is 5. The number of fused-ring (bicyclic) bond motifs is 3. The summed E-state index contributed by atoms with van der Waals surface area (Å²) >= 11 is 0. The van der Waals surface area contributed by atoms with E-state index in [1.807, 2.05) is 12.5 Å². The molecule has 3 aromatic heterocycles. The van der Waals surface area contributed by atoms with Crippen LogP contribution in [-0.2, 0) is 6.54 Å². The number of nitrogens with one attached hydrogen (secondary N) is 1. The van der Waals surface area contributed by atoms with Gasteiger partial charge in [0.2, 0.25) is 5.78 Å². The Morgan fingerprint density at radius 2 is 2.08 bits per heavy atom. The van der Waals surface area contributed by atoms with E-state index >= 15 is 0 Å². The molecule has 1 aliphatic carbocycles. The highest BCUT2D eigenvalue weighted by Crippen LogP contribution is 2.28. The van der Waals surface area contributed by atoms with Crippen LogP contribution >= 0.6 is 0 Å². The SMILES string of the molecule is CC(C)=CCNc1nc2nccn2c2c1ncn2CC1CCCCC1. The molecule has 25 heavy (non-hydrogen) atoms. The maximum absolute atomic E-state index is 4.68. The Morgan fingerprint density at radius 3 is 2.88 bits per heavy atom. The van der Waals surface area contributed by atoms with Gasteiger partial charge in [0.25, 0.3) is 0 Å². The number of anilines is 1. The zero-order valence-electron chi connectivity index (χ0n) is 15.1. The summed E-state index contributed by atoms with van der Waals surface area (Å²) in [6.45, 7) is 5.97. The van der Waals surface area contributed by atoms with Gasteiger partial charge in [0.15, 0.2) is 11.5 Å². The summed E-state index contributed by atoms with van der Waals surface area (Å²) in [6, 6.07) is 0. The molecule has 0 saturated heterocycles. The van der Waals surface area contributed by atoms with Gasteiger partial charge in [-0.1, -0.05) is 30.9 Å². The summed E-state index contributed by atoms with van der Waals surface area (Å²) in [6.07, 6.45) is 14.6. The van der Waals surface area contributed by atoms with E-state index < -0.39 is 0 Å². The molecule has 3 aromatic rings. The van der Waals surface area contributed by atoms with Gasteiger partial charge in [-0.2, -0.15) is 4.98 Å². The van der Waals surface area contributed by atoms with Crippen LogP contribution < -0.4 is 5.32 Å². The van der Waals surface area contributed by atoms with E-state index in [2.05, 4.69) is 49.2 Å². The summed E-state index contributed by atoms with van der Waals surface area (Å²) in [4.78, 5) is 13.7. The molecule has 4 rings (SSSR count). The minimum atomic E-state index is 0.720. The van der Waals surface area contributed by atoms with Crippen LogP contribution in [0.2, 0.25) is 0 Å². The molecule has 0 aromatic carbocycles. The third kappa shape index (κ3) is 3.25. The molecule has 0 atom stereocenters. The van der Waals surface area contributed by atoms with Crippen LogP contribution in [0.1, 0.15) is 46.0 Å². The molecule has 0 radical (unpaired) electrons. The number of hydrogen-bond acceptors (Lipinski definition) is 4. The van der Waals surface area contributed by atoms with Crippen molar-refractivity contribution in [2.45, 2.75) is 52.5 Å². The van der Waals surface area contributed by atoms with E-state index in [1.165, 1.54) is 37.7 Å². The number of hydrogen-bond donors (Lipinski definition) is 1. The highest BCUT2D eigenvalue weighted by molar-refractivity contribution is 5.85. The minimum Gasteiger partial charge on any atom is -0.365 e. The van der Waals surface area contributed by atoms with Crippen LogP contribution in [0.3, 0.4) is 0 Å². The monoisotopic (exact) mass is 338 g/mol. The molecule has 0 amide bonds. The van der Waals surface area contributed by atoms with Crippen molar-refractivity contribution in [1.29, 1.82) is 0 Å². The average molecular weight is 338 g/mol. The third-order valence-electron chi connectivity index (χ3n) is 5.06. The summed E-state index contributed by atoms with van der Waals surface area (Å²) in [7, 11) is 0. The summed E-state index contributed by atoms with van der Waals surface area (Å²) in [5.41, 5.74) is 3.30. The second kappa shape index (κ2) is 6.86. The lowest BCUT2D eigenvalue weighted by atomic mass is 9.89. The normalized spacial score (nSPS) is 15.8. The van der Waals surface area contributed by atoms with Crippen molar-refractivity contribution < 1.29 is 0 Å². The Bertz CT molecular complexity index is 893. The number of imidazole rings is 2. The Morgan fingerprint density at radius 1 is 1.24 bits per heavy atom. The van der Waals surface area contributed by atoms with Crippen molar-refractivity contribution in [3.63, 3.8) is 0 Å². The summed E-state index contributed by atoms with van der Waals surface area (Å²) < 4.78 is 4.34. The zero-order valence-corrected chi connectivity index (χ0v) is 15.1. The Labute approximate surface area is 148 Å². The van der Waals surface area contributed by atoms with E-state index in [0.29, 0.717) is 0 Å². The van der Waals surface area contributed by atoms with Crippen LogP contribution in [0.15, 0.2) is 30.4 Å². The summed E-state index contributed by atoms with van der Waals surface area (Å²) in [5.74, 6) is 2.28. The fourth-order valence-corrected chi connectivity index (χ4v) is 3.75. The predicted octanol–water partition coefficient (Wildman–Crippen LogP) is 4.04. The van der Waals surface area contributed by atoms with Crippen LogP contribution in [0, 0.1) is 5.92 Å². The first-order chi connectivity index (χ1) is 12.2. The van der Waals surface area contributed by atoms with E-state index in [4.69, 9.17) is 0 Å². The number of allylic oxidation sites excluding steroid dienone is 1. The summed E-state index contributed by atoms with van der Waals surface area (Å²) in [5, 5.41) is 3.40. The van der Waals surface area contributed by atoms with Crippen LogP contribution in [0.4, 0.5) is 5.82 Å². The largest absolute Gasteiger partial charge is 0.365 e. The van der Waals surface area contributed by atoms with E-state index in [1.54, 1.807) is 6.20 Å². The van der Waals surface area contributed by atoms with Crippen molar-refractivity contribution in [3.05, 3.63) is 30.4 Å². The van der Waals surface area contributed by atoms with Crippen LogP contribution in [-0.4, -0.2) is 30.5 Å². The highest BCUT2D eigenvalue weighted by Gasteiger charge is 2.18. The molecule has 1 aliphatic rings. The molecule has 0 aliphatic heterocycles. The second-order valence-electron chi connectivity index (χ2n) is 7.29. The topological polar surface area (TPSA) is 60.0 Å². The van der Waals surface area contributed by atoms with Crippen LogP contribution in [0.25, 0.3) is 16.9 Å². The molecule has 1 N–H and O–H groups in total. The Balaban J connectivity index is 1.72. The molecule has 0 bridgehead atoms. The lowest BCUT2D eigenvalue weighted by molar-refractivity contribution is 0.321. The Hall–Kier alpha value is -2.37. The quantitative estimate of drug-likeness (QED) is 0.713. The highest BCUT2D eigenvalue weighted by atomic mass is 15.2. The first-order valence-corrected chi connectivity index (χ1v) is 9.27. The fourth-order valence-electron chi connectivity index (χ4n) is 3.75.